The van der Waals surface area contributed by atoms with Crippen molar-refractivity contribution >= 4 is 5.97 Å². The van der Waals surface area contributed by atoms with Crippen LogP contribution in [-0.4, -0.2) is 12.1 Å². The molecular formula is C8H16O3. The molecule has 0 aliphatic carbocycles. The van der Waals surface area contributed by atoms with Crippen LogP contribution in [0.2, 0.25) is 0 Å². The van der Waals surface area contributed by atoms with E-state index in [1.165, 1.54) is 0 Å². The molecule has 0 aromatic heterocycles. The zero-order valence-corrected chi connectivity index (χ0v) is 7.59. The number of carbonyl (C=O) groups excluding carboxylic acids is 1. The number of hydrogen-bond acceptors (Lipinski definition) is 3. The molecule has 0 rings (SSSR count). The van der Waals surface area contributed by atoms with Gasteiger partial charge in [0.05, 0.1) is 5.92 Å². The van der Waals surface area contributed by atoms with Crippen LogP contribution in [0.15, 0.2) is 0 Å². The Morgan fingerprint density at radius 2 is 1.91 bits per heavy atom. The minimum atomic E-state index is -0.315. The molecule has 0 saturated heterocycles. The van der Waals surface area contributed by atoms with Crippen molar-refractivity contribution in [3.05, 3.63) is 0 Å². The van der Waals surface area contributed by atoms with Crippen LogP contribution in [0, 0.1) is 5.92 Å². The highest BCUT2D eigenvalue weighted by molar-refractivity contribution is 5.70. The summed E-state index contributed by atoms with van der Waals surface area (Å²) < 4.78 is 0. The summed E-state index contributed by atoms with van der Waals surface area (Å²) in [7, 11) is 0. The highest BCUT2D eigenvalue weighted by Crippen LogP contribution is 2.01. The Hall–Kier alpha value is -0.570. The lowest BCUT2D eigenvalue weighted by molar-refractivity contribution is -0.297. The van der Waals surface area contributed by atoms with E-state index >= 15 is 0 Å². The summed E-state index contributed by atoms with van der Waals surface area (Å²) in [6.07, 6.45) is 0.823. The molecule has 0 saturated carbocycles. The van der Waals surface area contributed by atoms with Gasteiger partial charge < -0.3 is 0 Å². The molecule has 0 radical (unpaired) electrons. The topological polar surface area (TPSA) is 35.5 Å². The summed E-state index contributed by atoms with van der Waals surface area (Å²) in [6.45, 7) is 7.35. The summed E-state index contributed by atoms with van der Waals surface area (Å²) in [4.78, 5) is 20.1. The van der Waals surface area contributed by atoms with Gasteiger partial charge in [0.1, 0.15) is 6.10 Å². The average molecular weight is 160 g/mol. The van der Waals surface area contributed by atoms with Crippen LogP contribution in [0.3, 0.4) is 0 Å². The second kappa shape index (κ2) is 5.13. The van der Waals surface area contributed by atoms with Crippen LogP contribution >= 0.6 is 0 Å². The normalized spacial score (nSPS) is 13.2. The van der Waals surface area contributed by atoms with E-state index in [9.17, 15) is 4.79 Å². The smallest absolute Gasteiger partial charge is 0.298 e. The Bertz CT molecular complexity index is 121. The average Bonchev–Trinajstić information content (AvgIpc) is 1.99. The van der Waals surface area contributed by atoms with Crippen molar-refractivity contribution < 1.29 is 14.6 Å². The van der Waals surface area contributed by atoms with E-state index < -0.39 is 0 Å². The van der Waals surface area contributed by atoms with Gasteiger partial charge in [0.25, 0.3) is 0 Å². The monoisotopic (exact) mass is 160 g/mol. The highest BCUT2D eigenvalue weighted by atomic mass is 17.2. The molecule has 1 atom stereocenters. The zero-order chi connectivity index (χ0) is 8.85. The number of rotatable bonds is 4. The van der Waals surface area contributed by atoms with Crippen molar-refractivity contribution in [1.29, 1.82) is 0 Å². The van der Waals surface area contributed by atoms with Crippen molar-refractivity contribution in [1.82, 2.24) is 0 Å². The Morgan fingerprint density at radius 3 is 2.27 bits per heavy atom. The summed E-state index contributed by atoms with van der Waals surface area (Å²) in [5.41, 5.74) is 0. The quantitative estimate of drug-likeness (QED) is 0.465. The van der Waals surface area contributed by atoms with Gasteiger partial charge in [-0.2, -0.15) is 4.89 Å². The molecular weight excluding hydrogens is 144 g/mol. The molecule has 0 aromatic rings. The standard InChI is InChI=1S/C8H16O3/c1-5-7(4)10-11-8(9)6(2)3/h6-7H,5H2,1-4H3. The Balaban J connectivity index is 3.46. The maximum absolute atomic E-state index is 10.8. The largest absolute Gasteiger partial charge is 0.344 e. The van der Waals surface area contributed by atoms with E-state index in [0.717, 1.165) is 6.42 Å². The molecule has 0 aliphatic rings. The second-order valence-corrected chi connectivity index (χ2v) is 2.87. The zero-order valence-electron chi connectivity index (χ0n) is 7.59. The van der Waals surface area contributed by atoms with Gasteiger partial charge in [0, 0.05) is 0 Å². The molecule has 66 valence electrons. The van der Waals surface area contributed by atoms with E-state index in [1.54, 1.807) is 13.8 Å². The molecule has 0 bridgehead atoms. The summed E-state index contributed by atoms with van der Waals surface area (Å²) in [5, 5.41) is 0. The van der Waals surface area contributed by atoms with E-state index in [-0.39, 0.29) is 18.0 Å². The maximum atomic E-state index is 10.8. The van der Waals surface area contributed by atoms with Gasteiger partial charge in [0.15, 0.2) is 0 Å². The van der Waals surface area contributed by atoms with Crippen LogP contribution in [0.1, 0.15) is 34.1 Å². The van der Waals surface area contributed by atoms with Crippen LogP contribution in [-0.2, 0) is 14.6 Å². The summed E-state index contributed by atoms with van der Waals surface area (Å²) >= 11 is 0. The molecule has 0 heterocycles. The third-order valence-corrected chi connectivity index (χ3v) is 1.34. The molecule has 0 aromatic carbocycles. The van der Waals surface area contributed by atoms with Crippen LogP contribution in [0.4, 0.5) is 0 Å². The molecule has 0 fully saturated rings. The maximum Gasteiger partial charge on any atom is 0.344 e. The molecule has 3 nitrogen and oxygen atoms in total. The van der Waals surface area contributed by atoms with Gasteiger partial charge >= 0.3 is 5.97 Å². The third-order valence-electron chi connectivity index (χ3n) is 1.34. The lowest BCUT2D eigenvalue weighted by atomic mass is 10.2. The molecule has 0 N–H and O–H groups in total. The fraction of sp³-hybridized carbons (Fsp3) is 0.875. The molecule has 0 spiro atoms. The molecule has 1 unspecified atom stereocenters. The van der Waals surface area contributed by atoms with Crippen molar-refractivity contribution in [3.8, 4) is 0 Å². The lowest BCUT2D eigenvalue weighted by Crippen LogP contribution is -2.16. The third kappa shape index (κ3) is 4.79. The highest BCUT2D eigenvalue weighted by Gasteiger charge is 2.10. The van der Waals surface area contributed by atoms with Crippen molar-refractivity contribution in [2.24, 2.45) is 5.92 Å². The van der Waals surface area contributed by atoms with E-state index in [2.05, 4.69) is 4.89 Å². The Kier molecular flexibility index (Phi) is 4.86. The Labute approximate surface area is 67.6 Å². The minimum Gasteiger partial charge on any atom is -0.298 e. The molecule has 0 aliphatic heterocycles. The first-order valence-electron chi connectivity index (χ1n) is 3.95. The minimum absolute atomic E-state index is 0.0160. The first-order chi connectivity index (χ1) is 5.07. The van der Waals surface area contributed by atoms with Gasteiger partial charge in [0.2, 0.25) is 0 Å². The van der Waals surface area contributed by atoms with E-state index in [1.807, 2.05) is 13.8 Å². The SMILES string of the molecule is CCC(C)OOC(=O)C(C)C. The van der Waals surface area contributed by atoms with Gasteiger partial charge in [-0.25, -0.2) is 4.79 Å². The molecule has 11 heavy (non-hydrogen) atoms. The van der Waals surface area contributed by atoms with Crippen molar-refractivity contribution in [2.75, 3.05) is 0 Å². The van der Waals surface area contributed by atoms with E-state index in [0.29, 0.717) is 0 Å². The lowest BCUT2D eigenvalue weighted by Gasteiger charge is -2.09. The molecule has 3 heteroatoms. The van der Waals surface area contributed by atoms with Crippen molar-refractivity contribution in [2.45, 2.75) is 40.2 Å². The second-order valence-electron chi connectivity index (χ2n) is 2.87. The molecule has 0 amide bonds. The first-order valence-corrected chi connectivity index (χ1v) is 3.95. The fourth-order valence-corrected chi connectivity index (χ4v) is 0.294. The number of carbonyl (C=O) groups is 1. The summed E-state index contributed by atoms with van der Waals surface area (Å²) in [5.74, 6) is -0.440. The van der Waals surface area contributed by atoms with Crippen molar-refractivity contribution in [3.63, 3.8) is 0 Å². The first kappa shape index (κ1) is 10.4. The van der Waals surface area contributed by atoms with Crippen LogP contribution in [0.25, 0.3) is 0 Å². The van der Waals surface area contributed by atoms with Crippen LogP contribution < -0.4 is 0 Å². The van der Waals surface area contributed by atoms with Gasteiger partial charge in [-0.1, -0.05) is 20.8 Å². The van der Waals surface area contributed by atoms with Gasteiger partial charge in [-0.05, 0) is 13.3 Å². The van der Waals surface area contributed by atoms with E-state index in [4.69, 9.17) is 4.89 Å². The number of hydrogen-bond donors (Lipinski definition) is 0. The van der Waals surface area contributed by atoms with Gasteiger partial charge in [-0.3, -0.25) is 4.89 Å². The van der Waals surface area contributed by atoms with Gasteiger partial charge in [-0.15, -0.1) is 0 Å². The fourth-order valence-electron chi connectivity index (χ4n) is 0.294. The summed E-state index contributed by atoms with van der Waals surface area (Å²) in [6, 6.07) is 0. The van der Waals surface area contributed by atoms with Crippen LogP contribution in [0.5, 0.6) is 0 Å². The predicted octanol–water partition coefficient (Wildman–Crippen LogP) is 1.92. The Morgan fingerprint density at radius 1 is 1.36 bits per heavy atom. The predicted molar refractivity (Wildman–Crippen MR) is 41.8 cm³/mol.